The van der Waals surface area contributed by atoms with E-state index in [0.29, 0.717) is 12.6 Å². The molecule has 5 heteroatoms. The maximum atomic E-state index is 8.83. The van der Waals surface area contributed by atoms with Gasteiger partial charge in [-0.25, -0.2) is 9.97 Å². The molecule has 0 spiro atoms. The van der Waals surface area contributed by atoms with Crippen molar-refractivity contribution >= 4 is 5.57 Å². The van der Waals surface area contributed by atoms with Gasteiger partial charge >= 0.3 is 0 Å². The standard InChI is InChI=1S/C19H18N4O/c20-8-19-21-9-16(10-22-19)15-6-17-12-24-13-18(7-15)23(17)11-14-4-2-1-3-5-14/h1-6,9-10,17-18H,7,11-13H2. The van der Waals surface area contributed by atoms with Crippen LogP contribution < -0.4 is 0 Å². The van der Waals surface area contributed by atoms with Gasteiger partial charge in [-0.15, -0.1) is 0 Å². The maximum Gasteiger partial charge on any atom is 0.232 e. The highest BCUT2D eigenvalue weighted by molar-refractivity contribution is 5.66. The van der Waals surface area contributed by atoms with Gasteiger partial charge in [0, 0.05) is 30.5 Å². The predicted molar refractivity (Wildman–Crippen MR) is 89.7 cm³/mol. The van der Waals surface area contributed by atoms with Crippen molar-refractivity contribution in [2.45, 2.75) is 25.0 Å². The molecule has 2 unspecified atom stereocenters. The third-order valence-electron chi connectivity index (χ3n) is 4.67. The molecule has 0 N–H and O–H groups in total. The molecule has 2 aliphatic rings. The molecule has 5 nitrogen and oxygen atoms in total. The lowest BCUT2D eigenvalue weighted by Gasteiger charge is -2.44. The molecule has 0 amide bonds. The van der Waals surface area contributed by atoms with Gasteiger partial charge in [0.2, 0.25) is 5.82 Å². The summed E-state index contributed by atoms with van der Waals surface area (Å²) < 4.78 is 5.76. The van der Waals surface area contributed by atoms with Crippen LogP contribution in [0.25, 0.3) is 5.57 Å². The summed E-state index contributed by atoms with van der Waals surface area (Å²) in [5.41, 5.74) is 3.58. The van der Waals surface area contributed by atoms with Gasteiger partial charge in [-0.3, -0.25) is 4.90 Å². The van der Waals surface area contributed by atoms with Crippen LogP contribution in [0.2, 0.25) is 0 Å². The number of hydrogen-bond donors (Lipinski definition) is 0. The Hall–Kier alpha value is -2.55. The van der Waals surface area contributed by atoms with Crippen molar-refractivity contribution < 1.29 is 4.74 Å². The molecule has 0 aliphatic carbocycles. The first-order valence-corrected chi connectivity index (χ1v) is 8.14. The first kappa shape index (κ1) is 15.0. The molecule has 0 saturated carbocycles. The van der Waals surface area contributed by atoms with E-state index in [1.165, 1.54) is 11.1 Å². The van der Waals surface area contributed by atoms with Gasteiger partial charge in [0.15, 0.2) is 0 Å². The Balaban J connectivity index is 1.58. The van der Waals surface area contributed by atoms with Gasteiger partial charge in [0.05, 0.1) is 19.3 Å². The molecule has 2 aliphatic heterocycles. The van der Waals surface area contributed by atoms with E-state index in [9.17, 15) is 0 Å². The highest BCUT2D eigenvalue weighted by atomic mass is 16.5. The predicted octanol–water partition coefficient (Wildman–Crippen LogP) is 2.40. The lowest BCUT2D eigenvalue weighted by atomic mass is 9.90. The Kier molecular flexibility index (Phi) is 4.08. The van der Waals surface area contributed by atoms with Crippen molar-refractivity contribution in [3.63, 3.8) is 0 Å². The van der Waals surface area contributed by atoms with E-state index in [1.807, 2.05) is 12.1 Å². The van der Waals surface area contributed by atoms with E-state index in [-0.39, 0.29) is 11.9 Å². The smallest absolute Gasteiger partial charge is 0.232 e. The number of benzene rings is 1. The number of aromatic nitrogens is 2. The number of hydrogen-bond acceptors (Lipinski definition) is 5. The molecule has 1 fully saturated rings. The summed E-state index contributed by atoms with van der Waals surface area (Å²) in [6.07, 6.45) is 6.68. The van der Waals surface area contributed by atoms with E-state index < -0.39 is 0 Å². The van der Waals surface area contributed by atoms with Gasteiger partial charge in [0.1, 0.15) is 6.07 Å². The number of fused-ring (bicyclic) bond motifs is 2. The molecular weight excluding hydrogens is 300 g/mol. The average Bonchev–Trinajstić information content (AvgIpc) is 2.62. The summed E-state index contributed by atoms with van der Waals surface area (Å²) in [7, 11) is 0. The van der Waals surface area contributed by atoms with Gasteiger partial charge in [-0.05, 0) is 17.6 Å². The second-order valence-corrected chi connectivity index (χ2v) is 6.22. The number of rotatable bonds is 3. The topological polar surface area (TPSA) is 62.0 Å². The highest BCUT2D eigenvalue weighted by Gasteiger charge is 2.34. The quantitative estimate of drug-likeness (QED) is 0.869. The van der Waals surface area contributed by atoms with Crippen LogP contribution in [0, 0.1) is 11.3 Å². The fraction of sp³-hybridized carbons (Fsp3) is 0.316. The van der Waals surface area contributed by atoms with Crippen LogP contribution in [-0.4, -0.2) is 40.2 Å². The molecule has 4 rings (SSSR count). The molecule has 3 heterocycles. The fourth-order valence-corrected chi connectivity index (χ4v) is 3.47. The first-order valence-electron chi connectivity index (χ1n) is 8.14. The number of morpholine rings is 1. The Bertz CT molecular complexity index is 779. The van der Waals surface area contributed by atoms with E-state index in [0.717, 1.165) is 25.1 Å². The zero-order chi connectivity index (χ0) is 16.4. The van der Waals surface area contributed by atoms with Crippen molar-refractivity contribution in [1.29, 1.82) is 5.26 Å². The molecule has 24 heavy (non-hydrogen) atoms. The highest BCUT2D eigenvalue weighted by Crippen LogP contribution is 2.33. The van der Waals surface area contributed by atoms with Crippen LogP contribution >= 0.6 is 0 Å². The van der Waals surface area contributed by atoms with Gasteiger partial charge < -0.3 is 4.74 Å². The molecule has 120 valence electrons. The van der Waals surface area contributed by atoms with Crippen molar-refractivity contribution in [2.75, 3.05) is 13.2 Å². The lowest BCUT2D eigenvalue weighted by molar-refractivity contribution is -0.0402. The third kappa shape index (κ3) is 2.94. The van der Waals surface area contributed by atoms with Crippen LogP contribution in [0.3, 0.4) is 0 Å². The van der Waals surface area contributed by atoms with Crippen LogP contribution in [0.4, 0.5) is 0 Å². The van der Waals surface area contributed by atoms with E-state index in [4.69, 9.17) is 10.00 Å². The molecule has 2 aromatic rings. The van der Waals surface area contributed by atoms with E-state index in [1.54, 1.807) is 12.4 Å². The Morgan fingerprint density at radius 1 is 1.17 bits per heavy atom. The molecule has 0 radical (unpaired) electrons. The summed E-state index contributed by atoms with van der Waals surface area (Å²) in [5.74, 6) is 0.212. The number of nitrogens with zero attached hydrogens (tertiary/aromatic N) is 4. The summed E-state index contributed by atoms with van der Waals surface area (Å²) in [5, 5.41) is 8.83. The minimum atomic E-state index is 0.212. The monoisotopic (exact) mass is 318 g/mol. The first-order chi connectivity index (χ1) is 11.8. The zero-order valence-electron chi connectivity index (χ0n) is 13.3. The molecular formula is C19H18N4O. The minimum Gasteiger partial charge on any atom is -0.378 e. The SMILES string of the molecule is N#Cc1ncc(C2=CC3COCC(C2)N3Cc2ccccc2)cn1. The van der Waals surface area contributed by atoms with Gasteiger partial charge in [0.25, 0.3) is 0 Å². The summed E-state index contributed by atoms with van der Waals surface area (Å²) in [4.78, 5) is 10.7. The zero-order valence-corrected chi connectivity index (χ0v) is 13.3. The number of ether oxygens (including phenoxy) is 1. The van der Waals surface area contributed by atoms with Crippen LogP contribution in [0.15, 0.2) is 48.8 Å². The molecule has 1 aromatic carbocycles. The van der Waals surface area contributed by atoms with Crippen molar-refractivity contribution in [3.05, 3.63) is 65.8 Å². The second kappa shape index (κ2) is 6.52. The minimum absolute atomic E-state index is 0.212. The Morgan fingerprint density at radius 3 is 2.67 bits per heavy atom. The van der Waals surface area contributed by atoms with Gasteiger partial charge in [-0.2, -0.15) is 5.26 Å². The normalized spacial score (nSPS) is 23.4. The fourth-order valence-electron chi connectivity index (χ4n) is 3.47. The van der Waals surface area contributed by atoms with Crippen LogP contribution in [0.5, 0.6) is 0 Å². The largest absolute Gasteiger partial charge is 0.378 e. The number of nitriles is 1. The van der Waals surface area contributed by atoms with Crippen LogP contribution in [0.1, 0.15) is 23.4 Å². The maximum absolute atomic E-state index is 8.83. The van der Waals surface area contributed by atoms with Crippen molar-refractivity contribution in [1.82, 2.24) is 14.9 Å². The summed E-state index contributed by atoms with van der Waals surface area (Å²) in [6, 6.07) is 13.1. The summed E-state index contributed by atoms with van der Waals surface area (Å²) in [6.45, 7) is 2.40. The van der Waals surface area contributed by atoms with E-state index >= 15 is 0 Å². The van der Waals surface area contributed by atoms with Crippen molar-refractivity contribution in [2.24, 2.45) is 0 Å². The van der Waals surface area contributed by atoms with Crippen molar-refractivity contribution in [3.8, 4) is 6.07 Å². The van der Waals surface area contributed by atoms with Crippen LogP contribution in [-0.2, 0) is 11.3 Å². The summed E-state index contributed by atoms with van der Waals surface area (Å²) >= 11 is 0. The Morgan fingerprint density at radius 2 is 1.96 bits per heavy atom. The lowest BCUT2D eigenvalue weighted by Crippen LogP contribution is -2.53. The average molecular weight is 318 g/mol. The van der Waals surface area contributed by atoms with Gasteiger partial charge in [-0.1, -0.05) is 36.4 Å². The van der Waals surface area contributed by atoms with E-state index in [2.05, 4.69) is 45.2 Å². The molecule has 1 saturated heterocycles. The molecule has 2 bridgehead atoms. The molecule has 2 atom stereocenters. The Labute approximate surface area is 141 Å². The second-order valence-electron chi connectivity index (χ2n) is 6.22. The third-order valence-corrected chi connectivity index (χ3v) is 4.67. The molecule has 1 aromatic heterocycles.